The Morgan fingerprint density at radius 3 is 2.68 bits per heavy atom. The van der Waals surface area contributed by atoms with Crippen molar-refractivity contribution in [3.8, 4) is 0 Å². The van der Waals surface area contributed by atoms with E-state index in [2.05, 4.69) is 15.9 Å². The molecule has 1 saturated carbocycles. The molecule has 1 amide bonds. The first-order valence-corrected chi connectivity index (χ1v) is 7.54. The van der Waals surface area contributed by atoms with Crippen LogP contribution in [0.4, 0.5) is 8.78 Å². The number of hydrogen-bond acceptors (Lipinski definition) is 1. The van der Waals surface area contributed by atoms with Gasteiger partial charge in [0.25, 0.3) is 0 Å². The van der Waals surface area contributed by atoms with E-state index in [1.807, 2.05) is 0 Å². The third-order valence-corrected chi connectivity index (χ3v) is 3.89. The highest BCUT2D eigenvalue weighted by Crippen LogP contribution is 2.25. The fourth-order valence-corrected chi connectivity index (χ4v) is 2.63. The molecule has 0 bridgehead atoms. The van der Waals surface area contributed by atoms with Crippen LogP contribution in [0.1, 0.15) is 24.8 Å². The fourth-order valence-electron chi connectivity index (χ4n) is 2.25. The largest absolute Gasteiger partial charge is 0.339 e. The highest BCUT2D eigenvalue weighted by Gasteiger charge is 2.28. The predicted molar refractivity (Wildman–Crippen MR) is 73.2 cm³/mol. The van der Waals surface area contributed by atoms with Gasteiger partial charge in [-0.15, -0.1) is 0 Å². The van der Waals surface area contributed by atoms with Gasteiger partial charge in [-0.05, 0) is 25.3 Å². The summed E-state index contributed by atoms with van der Waals surface area (Å²) in [5, 5.41) is 0.695. The topological polar surface area (TPSA) is 20.3 Å². The summed E-state index contributed by atoms with van der Waals surface area (Å²) in [5.41, 5.74) is 0.129. The van der Waals surface area contributed by atoms with E-state index in [0.29, 0.717) is 11.9 Å². The number of nitrogens with zero attached hydrogens (tertiary/aromatic N) is 1. The average Bonchev–Trinajstić information content (AvgIpc) is 2.32. The molecule has 0 aliphatic heterocycles. The van der Waals surface area contributed by atoms with Crippen molar-refractivity contribution in [1.82, 2.24) is 4.90 Å². The minimum absolute atomic E-state index is 0.0763. The quantitative estimate of drug-likeness (QED) is 0.758. The minimum atomic E-state index is -0.914. The molecule has 0 aromatic heterocycles. The molecular formula is C14H16BrF2NO. The molecule has 0 radical (unpaired) electrons. The molecule has 19 heavy (non-hydrogen) atoms. The minimum Gasteiger partial charge on any atom is -0.339 e. The molecule has 1 fully saturated rings. The smallest absolute Gasteiger partial charge is 0.227 e. The van der Waals surface area contributed by atoms with Gasteiger partial charge in [0, 0.05) is 23.5 Å². The lowest BCUT2D eigenvalue weighted by Gasteiger charge is -2.37. The number of alkyl halides is 1. The van der Waals surface area contributed by atoms with E-state index < -0.39 is 11.6 Å². The molecule has 5 heteroatoms. The Labute approximate surface area is 119 Å². The lowest BCUT2D eigenvalue weighted by atomic mass is 9.91. The van der Waals surface area contributed by atoms with Crippen molar-refractivity contribution in [3.05, 3.63) is 35.4 Å². The number of carbonyl (C=O) groups is 1. The second-order valence-electron chi connectivity index (χ2n) is 4.75. The highest BCUT2D eigenvalue weighted by atomic mass is 79.9. The Hall–Kier alpha value is -0.970. The van der Waals surface area contributed by atoms with Gasteiger partial charge in [-0.2, -0.15) is 0 Å². The molecule has 0 atom stereocenters. The monoisotopic (exact) mass is 331 g/mol. The second kappa shape index (κ2) is 6.46. The van der Waals surface area contributed by atoms with Crippen molar-refractivity contribution in [2.75, 3.05) is 11.9 Å². The van der Waals surface area contributed by atoms with E-state index in [0.717, 1.165) is 25.3 Å². The van der Waals surface area contributed by atoms with Gasteiger partial charge in [-0.1, -0.05) is 28.1 Å². The number of carbonyl (C=O) groups excluding carboxylic acids is 1. The zero-order chi connectivity index (χ0) is 13.8. The number of hydrogen-bond donors (Lipinski definition) is 0. The zero-order valence-corrected chi connectivity index (χ0v) is 12.1. The third kappa shape index (κ3) is 3.32. The van der Waals surface area contributed by atoms with E-state index in [1.54, 1.807) is 4.90 Å². The van der Waals surface area contributed by atoms with Crippen LogP contribution in [0.15, 0.2) is 18.2 Å². The van der Waals surface area contributed by atoms with Gasteiger partial charge < -0.3 is 4.90 Å². The normalized spacial score (nSPS) is 15.1. The molecule has 0 saturated heterocycles. The Morgan fingerprint density at radius 1 is 1.37 bits per heavy atom. The Bertz CT molecular complexity index is 463. The van der Waals surface area contributed by atoms with Gasteiger partial charge in [0.15, 0.2) is 11.6 Å². The van der Waals surface area contributed by atoms with Crippen molar-refractivity contribution in [2.45, 2.75) is 31.7 Å². The first kappa shape index (κ1) is 14.4. The highest BCUT2D eigenvalue weighted by molar-refractivity contribution is 9.09. The lowest BCUT2D eigenvalue weighted by Crippen LogP contribution is -2.45. The molecule has 0 spiro atoms. The van der Waals surface area contributed by atoms with Crippen molar-refractivity contribution < 1.29 is 13.6 Å². The Morgan fingerprint density at radius 2 is 2.11 bits per heavy atom. The standard InChI is InChI=1S/C14H16BrF2NO/c15-7-8-18(11-4-2-5-11)13(19)9-10-3-1-6-12(16)14(10)17/h1,3,6,11H,2,4-5,7-9H2. The maximum Gasteiger partial charge on any atom is 0.227 e. The molecule has 1 aromatic carbocycles. The number of halogens is 3. The summed E-state index contributed by atoms with van der Waals surface area (Å²) in [7, 11) is 0. The predicted octanol–water partition coefficient (Wildman–Crippen LogP) is 3.28. The van der Waals surface area contributed by atoms with Crippen molar-refractivity contribution in [3.63, 3.8) is 0 Å². The molecule has 0 unspecified atom stereocenters. The van der Waals surface area contributed by atoms with Crippen LogP contribution in [0, 0.1) is 11.6 Å². The molecule has 0 N–H and O–H groups in total. The van der Waals surface area contributed by atoms with Crippen LogP contribution in [0.3, 0.4) is 0 Å². The first-order chi connectivity index (χ1) is 9.13. The number of benzene rings is 1. The van der Waals surface area contributed by atoms with Crippen LogP contribution in [-0.2, 0) is 11.2 Å². The van der Waals surface area contributed by atoms with Crippen LogP contribution in [0.25, 0.3) is 0 Å². The van der Waals surface area contributed by atoms with Gasteiger partial charge in [-0.25, -0.2) is 8.78 Å². The summed E-state index contributed by atoms with van der Waals surface area (Å²) in [6.07, 6.45) is 3.06. The molecule has 2 nitrogen and oxygen atoms in total. The van der Waals surface area contributed by atoms with Crippen LogP contribution in [-0.4, -0.2) is 28.7 Å². The van der Waals surface area contributed by atoms with Crippen LogP contribution >= 0.6 is 15.9 Å². The van der Waals surface area contributed by atoms with Gasteiger partial charge in [0.05, 0.1) is 6.42 Å². The van der Waals surface area contributed by atoms with Gasteiger partial charge in [0.1, 0.15) is 0 Å². The lowest BCUT2D eigenvalue weighted by molar-refractivity contribution is -0.134. The second-order valence-corrected chi connectivity index (χ2v) is 5.54. The van der Waals surface area contributed by atoms with Crippen LogP contribution < -0.4 is 0 Å². The van der Waals surface area contributed by atoms with Crippen molar-refractivity contribution >= 4 is 21.8 Å². The number of amides is 1. The van der Waals surface area contributed by atoms with Crippen LogP contribution in [0.5, 0.6) is 0 Å². The third-order valence-electron chi connectivity index (χ3n) is 3.53. The molecule has 0 heterocycles. The molecule has 1 aromatic rings. The van der Waals surface area contributed by atoms with Crippen molar-refractivity contribution in [2.24, 2.45) is 0 Å². The maximum absolute atomic E-state index is 13.6. The fraction of sp³-hybridized carbons (Fsp3) is 0.500. The van der Waals surface area contributed by atoms with Gasteiger partial charge in [-0.3, -0.25) is 4.79 Å². The van der Waals surface area contributed by atoms with Gasteiger partial charge >= 0.3 is 0 Å². The molecule has 1 aliphatic carbocycles. The van der Waals surface area contributed by atoms with Gasteiger partial charge in [0.2, 0.25) is 5.91 Å². The van der Waals surface area contributed by atoms with Crippen molar-refractivity contribution in [1.29, 1.82) is 0 Å². The Kier molecular flexibility index (Phi) is 4.91. The van der Waals surface area contributed by atoms with E-state index in [1.165, 1.54) is 12.1 Å². The molecular weight excluding hydrogens is 316 g/mol. The van der Waals surface area contributed by atoms with E-state index in [9.17, 15) is 13.6 Å². The number of rotatable bonds is 5. The SMILES string of the molecule is O=C(Cc1cccc(F)c1F)N(CCBr)C1CCC1. The summed E-state index contributed by atoms with van der Waals surface area (Å²) in [4.78, 5) is 14.0. The van der Waals surface area contributed by atoms with E-state index in [-0.39, 0.29) is 23.9 Å². The Balaban J connectivity index is 2.07. The summed E-state index contributed by atoms with van der Waals surface area (Å²) in [6.45, 7) is 0.612. The average molecular weight is 332 g/mol. The van der Waals surface area contributed by atoms with E-state index >= 15 is 0 Å². The summed E-state index contributed by atoms with van der Waals surface area (Å²) in [6, 6.07) is 4.22. The first-order valence-electron chi connectivity index (χ1n) is 6.42. The molecule has 1 aliphatic rings. The summed E-state index contributed by atoms with van der Waals surface area (Å²) in [5.74, 6) is -1.95. The summed E-state index contributed by atoms with van der Waals surface area (Å²) >= 11 is 3.32. The van der Waals surface area contributed by atoms with E-state index in [4.69, 9.17) is 0 Å². The maximum atomic E-state index is 13.6. The molecule has 104 valence electrons. The summed E-state index contributed by atoms with van der Waals surface area (Å²) < 4.78 is 26.7. The van der Waals surface area contributed by atoms with Crippen LogP contribution in [0.2, 0.25) is 0 Å². The molecule has 2 rings (SSSR count). The zero-order valence-electron chi connectivity index (χ0n) is 10.5.